The van der Waals surface area contributed by atoms with Crippen LogP contribution in [0.5, 0.6) is 0 Å². The number of unbranched alkanes of at least 4 members (excludes halogenated alkanes) is 3. The number of aliphatic hydroxyl groups is 1. The highest BCUT2D eigenvalue weighted by Crippen LogP contribution is 2.56. The van der Waals surface area contributed by atoms with Gasteiger partial charge in [0.05, 0.1) is 18.1 Å². The molecule has 2 aromatic carbocycles. The number of aryl methyl sites for hydroxylation is 2. The molecule has 5 bridgehead atoms. The van der Waals surface area contributed by atoms with Gasteiger partial charge in [0.25, 0.3) is 5.91 Å². The topological polar surface area (TPSA) is 117 Å². The number of ether oxygens (including phenoxy) is 2. The van der Waals surface area contributed by atoms with E-state index < -0.39 is 47.7 Å². The van der Waals surface area contributed by atoms with E-state index in [1.54, 1.807) is 27.8 Å². The SMILES string of the molecule is Cc1cccc(C)c1N1C/C=C\CCC(=O)N(C)[C@H](C)[C@@H](c2ccccc2)OC(=O)[C@@H]2[C@@H]3C=C[C@]4(O3)[C@H](C1=O)N(CCCCCCO)C(=O)[C@@H]24. The van der Waals surface area contributed by atoms with Gasteiger partial charge in [-0.15, -0.1) is 0 Å². The van der Waals surface area contributed by atoms with Gasteiger partial charge in [-0.1, -0.05) is 85.7 Å². The number of hydrogen-bond acceptors (Lipinski definition) is 7. The number of carbonyl (C=O) groups is 4. The average Bonchev–Trinajstić information content (AvgIpc) is 3.75. The zero-order valence-electron chi connectivity index (χ0n) is 29.5. The van der Waals surface area contributed by atoms with E-state index in [-0.39, 0.29) is 37.3 Å². The zero-order valence-corrected chi connectivity index (χ0v) is 29.5. The fourth-order valence-electron chi connectivity index (χ4n) is 8.28. The third-order valence-corrected chi connectivity index (χ3v) is 11.0. The molecule has 50 heavy (non-hydrogen) atoms. The number of hydrogen-bond donors (Lipinski definition) is 1. The molecule has 10 nitrogen and oxygen atoms in total. The number of likely N-dealkylation sites (tertiary alicyclic amines) is 1. The predicted octanol–water partition coefficient (Wildman–Crippen LogP) is 4.82. The molecule has 2 aromatic rings. The lowest BCUT2D eigenvalue weighted by Gasteiger charge is -2.37. The number of carbonyl (C=O) groups excluding carboxylic acids is 4. The second-order valence-electron chi connectivity index (χ2n) is 14.1. The molecular weight excluding hydrogens is 634 g/mol. The minimum atomic E-state index is -1.35. The Morgan fingerprint density at radius 2 is 1.62 bits per heavy atom. The van der Waals surface area contributed by atoms with Crippen molar-refractivity contribution in [3.63, 3.8) is 0 Å². The molecule has 4 heterocycles. The van der Waals surface area contributed by atoms with Crippen molar-refractivity contribution in [1.82, 2.24) is 9.80 Å². The maximum Gasteiger partial charge on any atom is 0.313 e. The summed E-state index contributed by atoms with van der Waals surface area (Å²) < 4.78 is 13.0. The number of nitrogens with zero attached hydrogens (tertiary/aromatic N) is 3. The van der Waals surface area contributed by atoms with Crippen LogP contribution in [0.3, 0.4) is 0 Å². The Morgan fingerprint density at radius 1 is 0.900 bits per heavy atom. The number of cyclic esters (lactones) is 1. The Morgan fingerprint density at radius 3 is 2.34 bits per heavy atom. The maximum absolute atomic E-state index is 15.1. The van der Waals surface area contributed by atoms with Gasteiger partial charge in [-0.2, -0.15) is 0 Å². The number of amides is 3. The molecule has 266 valence electrons. The summed E-state index contributed by atoms with van der Waals surface area (Å²) in [6.45, 7) is 6.44. The lowest BCUT2D eigenvalue weighted by molar-refractivity contribution is -0.164. The monoisotopic (exact) mass is 683 g/mol. The predicted molar refractivity (Wildman–Crippen MR) is 189 cm³/mol. The number of rotatable bonds is 8. The van der Waals surface area contributed by atoms with Gasteiger partial charge in [0, 0.05) is 38.9 Å². The molecule has 0 unspecified atom stereocenters. The molecule has 2 fully saturated rings. The van der Waals surface area contributed by atoms with Gasteiger partial charge in [0.15, 0.2) is 0 Å². The fraction of sp³-hybridized carbons (Fsp3) is 0.500. The first kappa shape index (κ1) is 35.5. The highest BCUT2D eigenvalue weighted by atomic mass is 16.6. The third kappa shape index (κ3) is 6.39. The smallest absolute Gasteiger partial charge is 0.313 e. The average molecular weight is 684 g/mol. The van der Waals surface area contributed by atoms with Gasteiger partial charge in [0.2, 0.25) is 11.8 Å². The van der Waals surface area contributed by atoms with Crippen molar-refractivity contribution >= 4 is 29.4 Å². The molecule has 4 aliphatic heterocycles. The van der Waals surface area contributed by atoms with Crippen molar-refractivity contribution in [3.8, 4) is 0 Å². The number of aliphatic hydroxyl groups excluding tert-OH is 1. The molecule has 0 aromatic heterocycles. The van der Waals surface area contributed by atoms with Gasteiger partial charge in [-0.3, -0.25) is 19.2 Å². The highest BCUT2D eigenvalue weighted by molar-refractivity contribution is 6.06. The van der Waals surface area contributed by atoms with Crippen molar-refractivity contribution in [2.45, 2.75) is 89.2 Å². The normalized spacial score (nSPS) is 30.6. The summed E-state index contributed by atoms with van der Waals surface area (Å²) >= 11 is 0. The van der Waals surface area contributed by atoms with Crippen molar-refractivity contribution < 1.29 is 33.8 Å². The Balaban J connectivity index is 1.45. The van der Waals surface area contributed by atoms with Crippen molar-refractivity contribution in [2.75, 3.05) is 31.6 Å². The third-order valence-electron chi connectivity index (χ3n) is 11.0. The maximum atomic E-state index is 15.1. The number of likely N-dealkylation sites (N-methyl/N-ethyl adjacent to an activating group) is 1. The number of anilines is 1. The second-order valence-corrected chi connectivity index (χ2v) is 14.1. The van der Waals surface area contributed by atoms with Crippen molar-refractivity contribution in [1.29, 1.82) is 0 Å². The molecule has 3 amide bonds. The Labute approximate surface area is 294 Å². The van der Waals surface area contributed by atoms with E-state index in [4.69, 9.17) is 9.47 Å². The van der Waals surface area contributed by atoms with Crippen LogP contribution in [0.4, 0.5) is 5.69 Å². The van der Waals surface area contributed by atoms with Crippen LogP contribution in [0.1, 0.15) is 68.2 Å². The summed E-state index contributed by atoms with van der Waals surface area (Å²) in [6.07, 6.45) is 9.52. The van der Waals surface area contributed by atoms with Crippen LogP contribution in [0, 0.1) is 25.7 Å². The summed E-state index contributed by atoms with van der Waals surface area (Å²) in [4.78, 5) is 62.6. The molecular formula is C40H49N3O7. The molecule has 0 saturated carbocycles. The highest BCUT2D eigenvalue weighted by Gasteiger charge is 2.73. The molecule has 7 atom stereocenters. The van der Waals surface area contributed by atoms with E-state index in [9.17, 15) is 19.5 Å². The van der Waals surface area contributed by atoms with E-state index in [1.807, 2.05) is 87.5 Å². The van der Waals surface area contributed by atoms with Crippen LogP contribution >= 0.6 is 0 Å². The number of allylic oxidation sites excluding steroid dienone is 1. The number of esters is 1. The number of para-hydroxylation sites is 1. The lowest BCUT2D eigenvalue weighted by atomic mass is 9.74. The Hall–Kier alpha value is -4.28. The first-order chi connectivity index (χ1) is 24.1. The quantitative estimate of drug-likeness (QED) is 0.241. The Kier molecular flexibility index (Phi) is 10.6. The van der Waals surface area contributed by atoms with Crippen LogP contribution in [-0.2, 0) is 28.7 Å². The molecule has 0 aliphatic carbocycles. The molecule has 1 N–H and O–H groups in total. The molecule has 1 spiro atoms. The molecule has 10 heteroatoms. The van der Waals surface area contributed by atoms with Gasteiger partial charge < -0.3 is 29.3 Å². The minimum absolute atomic E-state index is 0.0971. The van der Waals surface area contributed by atoms with E-state index in [0.29, 0.717) is 25.8 Å². The van der Waals surface area contributed by atoms with Gasteiger partial charge in [0.1, 0.15) is 23.7 Å². The van der Waals surface area contributed by atoms with E-state index in [0.717, 1.165) is 35.2 Å². The number of fused-ring (bicyclic) bond motifs is 2. The minimum Gasteiger partial charge on any atom is -0.455 e. The van der Waals surface area contributed by atoms with Gasteiger partial charge >= 0.3 is 5.97 Å². The summed E-state index contributed by atoms with van der Waals surface area (Å²) in [6, 6.07) is 13.7. The zero-order chi connectivity index (χ0) is 35.6. The first-order valence-electron chi connectivity index (χ1n) is 17.9. The summed E-state index contributed by atoms with van der Waals surface area (Å²) in [5.41, 5.74) is 1.98. The van der Waals surface area contributed by atoms with Gasteiger partial charge in [-0.05, 0) is 56.7 Å². The molecule has 4 aliphatic rings. The summed E-state index contributed by atoms with van der Waals surface area (Å²) in [5.74, 6) is -3.18. The molecule has 2 saturated heterocycles. The summed E-state index contributed by atoms with van der Waals surface area (Å²) in [7, 11) is 1.72. The van der Waals surface area contributed by atoms with Crippen LogP contribution in [0.2, 0.25) is 0 Å². The van der Waals surface area contributed by atoms with Gasteiger partial charge in [-0.25, -0.2) is 0 Å². The van der Waals surface area contributed by atoms with Crippen LogP contribution in [0.25, 0.3) is 0 Å². The Bertz CT molecular complexity index is 1640. The van der Waals surface area contributed by atoms with Crippen molar-refractivity contribution in [3.05, 3.63) is 89.5 Å². The first-order valence-corrected chi connectivity index (χ1v) is 17.9. The fourth-order valence-corrected chi connectivity index (χ4v) is 8.28. The van der Waals surface area contributed by atoms with Crippen molar-refractivity contribution in [2.24, 2.45) is 11.8 Å². The standard InChI is InChI=1S/C40H49N3O7/c1-26-16-15-17-27(2)34(26)42-23-13-8-11-20-31(45)41(4)28(3)35(29-18-9-7-10-19-29)49-39(48)32-30-21-22-40(50-30)33(32)37(46)43(36(40)38(42)47)24-12-5-6-14-25-44/h7-10,13,15-19,21-22,28,30,32-33,35-36,44H,5-6,11-12,14,20,23-25H2,1-4H3/b13-8-/t28-,30+,32-,33-,35+,36+,40-/m1/s1. The van der Waals surface area contributed by atoms with E-state index in [2.05, 4.69) is 0 Å². The largest absolute Gasteiger partial charge is 0.455 e. The lowest BCUT2D eigenvalue weighted by Crippen LogP contribution is -2.56. The van der Waals surface area contributed by atoms with Crippen LogP contribution in [-0.4, -0.2) is 89.1 Å². The molecule has 6 rings (SSSR count). The molecule has 0 radical (unpaired) electrons. The van der Waals surface area contributed by atoms with E-state index in [1.165, 1.54) is 0 Å². The van der Waals surface area contributed by atoms with Crippen LogP contribution in [0.15, 0.2) is 72.8 Å². The summed E-state index contributed by atoms with van der Waals surface area (Å²) in [5, 5.41) is 9.31. The second kappa shape index (κ2) is 14.9. The van der Waals surface area contributed by atoms with E-state index >= 15 is 4.79 Å². The van der Waals surface area contributed by atoms with Crippen LogP contribution < -0.4 is 4.90 Å². The number of benzene rings is 2.